The quantitative estimate of drug-likeness (QED) is 0.104. The molecule has 0 bridgehead atoms. The van der Waals surface area contributed by atoms with Gasteiger partial charge in [0.05, 0.1) is 27.8 Å². The smallest absolute Gasteiger partial charge is 0.399 e. The summed E-state index contributed by atoms with van der Waals surface area (Å²) in [4.78, 5) is 66.1. The van der Waals surface area contributed by atoms with Crippen LogP contribution in [0.2, 0.25) is 5.02 Å². The average molecular weight is 941 g/mol. The van der Waals surface area contributed by atoms with Crippen molar-refractivity contribution in [2.24, 2.45) is 11.3 Å². The van der Waals surface area contributed by atoms with Crippen molar-refractivity contribution in [3.05, 3.63) is 110 Å². The molecule has 0 unspecified atom stereocenters. The number of pyridine rings is 1. The van der Waals surface area contributed by atoms with Gasteiger partial charge in [0, 0.05) is 68.0 Å². The Bertz CT molecular complexity index is 2760. The third-order valence-electron chi connectivity index (χ3n) is 13.9. The second kappa shape index (κ2) is 19.3. The largest absolute Gasteiger partial charge is 0.416 e. The van der Waals surface area contributed by atoms with Crippen LogP contribution in [0.1, 0.15) is 97.2 Å². The molecule has 2 aromatic heterocycles. The number of piperidine rings is 1. The van der Waals surface area contributed by atoms with Crippen LogP contribution in [0.25, 0.3) is 22.0 Å². The highest BCUT2D eigenvalue weighted by Gasteiger charge is 2.39. The van der Waals surface area contributed by atoms with Crippen LogP contribution in [-0.4, -0.2) is 82.0 Å². The summed E-state index contributed by atoms with van der Waals surface area (Å²) in [6.07, 6.45) is 4.75. The van der Waals surface area contributed by atoms with Gasteiger partial charge in [-0.1, -0.05) is 11.6 Å². The first-order valence-corrected chi connectivity index (χ1v) is 23.4. The van der Waals surface area contributed by atoms with E-state index < -0.39 is 23.8 Å². The molecule has 1 aliphatic carbocycles. The fourth-order valence-corrected chi connectivity index (χ4v) is 10.3. The highest BCUT2D eigenvalue weighted by molar-refractivity contribution is 6.34. The van der Waals surface area contributed by atoms with E-state index in [1.807, 2.05) is 36.2 Å². The zero-order valence-electron chi connectivity index (χ0n) is 38.3. The van der Waals surface area contributed by atoms with Crippen molar-refractivity contribution >= 4 is 57.5 Å². The maximum absolute atomic E-state index is 13.6. The summed E-state index contributed by atoms with van der Waals surface area (Å²) < 4.78 is 42.5. The Hall–Kier alpha value is -6.00. The summed E-state index contributed by atoms with van der Waals surface area (Å²) in [7, 11) is 2.15. The summed E-state index contributed by atoms with van der Waals surface area (Å²) in [6, 6.07) is 14.8. The van der Waals surface area contributed by atoms with Crippen molar-refractivity contribution in [2.45, 2.75) is 90.9 Å². The van der Waals surface area contributed by atoms with Crippen molar-refractivity contribution in [1.82, 2.24) is 29.7 Å². The van der Waals surface area contributed by atoms with Gasteiger partial charge in [0.1, 0.15) is 11.6 Å². The van der Waals surface area contributed by atoms with E-state index in [1.54, 1.807) is 42.7 Å². The Morgan fingerprint density at radius 2 is 1.73 bits per heavy atom. The predicted molar refractivity (Wildman–Crippen MR) is 255 cm³/mol. The summed E-state index contributed by atoms with van der Waals surface area (Å²) in [5.41, 5.74) is 9.62. The van der Waals surface area contributed by atoms with Gasteiger partial charge < -0.3 is 25.4 Å². The fraction of sp³-hybridized carbons (Fsp3) is 0.440. The molecular weight excluding hydrogens is 883 g/mol. The number of hydrogen-bond donors (Lipinski definition) is 3. The predicted octanol–water partition coefficient (Wildman–Crippen LogP) is 9.38. The first kappa shape index (κ1) is 47.5. The number of alkyl halides is 3. The minimum Gasteiger partial charge on any atom is -0.399 e. The molecule has 17 heteroatoms. The minimum atomic E-state index is -4.54. The Labute approximate surface area is 392 Å². The first-order chi connectivity index (χ1) is 31.8. The van der Waals surface area contributed by atoms with E-state index in [0.717, 1.165) is 86.9 Å². The third-order valence-corrected chi connectivity index (χ3v) is 14.3. The molecule has 3 aliphatic rings. The van der Waals surface area contributed by atoms with Crippen LogP contribution >= 0.6 is 11.6 Å². The van der Waals surface area contributed by atoms with Gasteiger partial charge in [0.15, 0.2) is 0 Å². The number of amides is 4. The number of carbonyl (C=O) groups excluding carboxylic acids is 3. The lowest BCUT2D eigenvalue weighted by molar-refractivity contribution is -0.137. The lowest BCUT2D eigenvalue weighted by atomic mass is 9.65. The minimum absolute atomic E-state index is 0.0177. The zero-order valence-corrected chi connectivity index (χ0v) is 39.1. The van der Waals surface area contributed by atoms with Gasteiger partial charge in [-0.3, -0.25) is 24.6 Å². The Kier molecular flexibility index (Phi) is 13.7. The number of likely N-dealkylation sites (tertiary alicyclic amines) is 1. The maximum atomic E-state index is 13.6. The molecule has 5 aromatic rings. The van der Waals surface area contributed by atoms with E-state index in [9.17, 15) is 32.3 Å². The normalized spacial score (nSPS) is 17.3. The number of carbonyl (C=O) groups is 3. The Morgan fingerprint density at radius 3 is 2.43 bits per heavy atom. The molecule has 13 nitrogen and oxygen atoms in total. The maximum Gasteiger partial charge on any atom is 0.416 e. The van der Waals surface area contributed by atoms with Gasteiger partial charge in [-0.05, 0) is 167 Å². The molecule has 4 N–H and O–H groups in total. The van der Waals surface area contributed by atoms with Gasteiger partial charge in [-0.25, -0.2) is 14.8 Å². The van der Waals surface area contributed by atoms with E-state index in [0.29, 0.717) is 69.9 Å². The number of aromatic nitrogens is 3. The lowest BCUT2D eigenvalue weighted by Crippen LogP contribution is -2.49. The van der Waals surface area contributed by atoms with E-state index in [1.165, 1.54) is 11.0 Å². The number of imide groups is 1. The number of rotatable bonds is 12. The van der Waals surface area contributed by atoms with Crippen molar-refractivity contribution in [3.8, 4) is 11.1 Å². The molecule has 4 amide bonds. The highest BCUT2D eigenvalue weighted by Crippen LogP contribution is 2.47. The molecule has 4 heterocycles. The number of benzene rings is 3. The number of halogens is 4. The van der Waals surface area contributed by atoms with Gasteiger partial charge in [0.25, 0.3) is 11.5 Å². The van der Waals surface area contributed by atoms with E-state index in [4.69, 9.17) is 17.3 Å². The van der Waals surface area contributed by atoms with Crippen molar-refractivity contribution in [2.75, 3.05) is 55.7 Å². The van der Waals surface area contributed by atoms with Crippen LogP contribution in [0.15, 0.2) is 71.7 Å². The van der Waals surface area contributed by atoms with Crippen molar-refractivity contribution in [3.63, 3.8) is 0 Å². The number of nitrogens with zero attached hydrogens (tertiary/aromatic N) is 6. The second-order valence-electron chi connectivity index (χ2n) is 18.8. The molecule has 2 aliphatic heterocycles. The summed E-state index contributed by atoms with van der Waals surface area (Å²) in [6.45, 7) is 9.45. The van der Waals surface area contributed by atoms with Gasteiger partial charge >= 0.3 is 12.2 Å². The monoisotopic (exact) mass is 939 g/mol. The number of nitrogens with one attached hydrogen (secondary N) is 2. The molecule has 3 aromatic carbocycles. The number of aryl methyl sites for hydroxylation is 3. The molecule has 1 atom stereocenters. The Balaban J connectivity index is 0.821. The molecule has 2 saturated heterocycles. The summed E-state index contributed by atoms with van der Waals surface area (Å²) in [5.74, 6) is 1.14. The molecular formula is C50H57ClF3N9O4. The van der Waals surface area contributed by atoms with Crippen LogP contribution < -0.4 is 26.8 Å². The van der Waals surface area contributed by atoms with Gasteiger partial charge in [-0.2, -0.15) is 13.2 Å². The molecule has 8 rings (SSSR count). The third kappa shape index (κ3) is 10.8. The van der Waals surface area contributed by atoms with Gasteiger partial charge in [0.2, 0.25) is 5.91 Å². The molecule has 67 heavy (non-hydrogen) atoms. The van der Waals surface area contributed by atoms with Crippen LogP contribution in [0.5, 0.6) is 0 Å². The number of anilines is 3. The van der Waals surface area contributed by atoms with Crippen LogP contribution in [0, 0.1) is 25.2 Å². The highest BCUT2D eigenvalue weighted by atomic mass is 35.5. The average Bonchev–Trinajstić information content (AvgIpc) is 3.27. The first-order valence-electron chi connectivity index (χ1n) is 23.0. The zero-order chi connectivity index (χ0) is 47.8. The lowest BCUT2D eigenvalue weighted by Gasteiger charge is -2.46. The van der Waals surface area contributed by atoms with Crippen molar-refractivity contribution in [1.29, 1.82) is 0 Å². The number of nitrogen functional groups attached to an aromatic ring is 1. The topological polar surface area (TPSA) is 159 Å². The fourth-order valence-electron chi connectivity index (χ4n) is 10.1. The SMILES string of the molecule is Cc1nc(N[C@H](C)c2cc(N)cc(C(F)(F)F)c2)c2cc(-c3ccn(CCCN(C)CC4CCC5(CC4)CCN(C(=O)c4ccc(Cl)c(N6CCC(=O)NC6=O)c4)CC5)c(=O)c3)c(C)cc2n1. The molecule has 354 valence electrons. The Morgan fingerprint density at radius 1 is 0.985 bits per heavy atom. The van der Waals surface area contributed by atoms with Crippen LogP contribution in [0.3, 0.4) is 0 Å². The standard InChI is InChI=1S/C50H57ClF3N9O4/c1-30-22-42-40(46(58-32(3)57-42)56-31(2)36-23-37(50(52,53)54)27-38(55)24-36)28-39(30)34-10-18-61(45(65)26-34)17-5-16-60(4)29-33-8-12-49(13-9-33)14-20-62(21-15-49)47(66)35-6-7-41(51)43(25-35)63-19-11-44(64)59-48(63)67/h6-7,10,18,22-28,31,33H,5,8-9,11-17,19-21,29,55H2,1-4H3,(H,56,57,58)(H,59,64,67)/t31-/m1/s1. The molecule has 0 radical (unpaired) electrons. The summed E-state index contributed by atoms with van der Waals surface area (Å²) >= 11 is 6.43. The molecule has 3 fully saturated rings. The number of fused-ring (bicyclic) bond motifs is 1. The number of nitrogens with two attached hydrogens (primary N) is 1. The molecule has 1 spiro atoms. The number of urea groups is 1. The number of hydrogen-bond acceptors (Lipinski definition) is 9. The van der Waals surface area contributed by atoms with Gasteiger partial charge in [-0.15, -0.1) is 0 Å². The van der Waals surface area contributed by atoms with Crippen LogP contribution in [0.4, 0.5) is 35.2 Å². The second-order valence-corrected chi connectivity index (χ2v) is 19.2. The molecule has 1 saturated carbocycles. The van der Waals surface area contributed by atoms with Crippen LogP contribution in [-0.2, 0) is 17.5 Å². The van der Waals surface area contributed by atoms with E-state index >= 15 is 0 Å². The van der Waals surface area contributed by atoms with E-state index in [2.05, 4.69) is 32.5 Å². The van der Waals surface area contributed by atoms with Crippen molar-refractivity contribution < 1.29 is 27.6 Å². The summed E-state index contributed by atoms with van der Waals surface area (Å²) in [5, 5.41) is 6.62. The van der Waals surface area contributed by atoms with E-state index in [-0.39, 0.29) is 41.4 Å².